The summed E-state index contributed by atoms with van der Waals surface area (Å²) in [5.74, 6) is 0.285. The number of anilines is 1. The van der Waals surface area contributed by atoms with E-state index in [1.165, 1.54) is 0 Å². The van der Waals surface area contributed by atoms with Gasteiger partial charge in [-0.15, -0.1) is 0 Å². The molecule has 2 rings (SSSR count). The molecule has 0 saturated heterocycles. The molecule has 0 aliphatic heterocycles. The normalized spacial score (nSPS) is 10.6. The maximum absolute atomic E-state index is 12.3. The molecule has 7 nitrogen and oxygen atoms in total. The zero-order chi connectivity index (χ0) is 18.4. The molecule has 0 fully saturated rings. The Hall–Kier alpha value is -2.35. The van der Waals surface area contributed by atoms with E-state index in [4.69, 9.17) is 4.74 Å². The Balaban J connectivity index is 1.97. The van der Waals surface area contributed by atoms with E-state index in [1.54, 1.807) is 24.3 Å². The number of amides is 2. The first kappa shape index (κ1) is 19.0. The lowest BCUT2D eigenvalue weighted by Crippen LogP contribution is -2.28. The number of nitrogens with one attached hydrogen (secondary N) is 3. The van der Waals surface area contributed by atoms with Crippen LogP contribution in [0, 0.1) is 0 Å². The van der Waals surface area contributed by atoms with Crippen molar-refractivity contribution < 1.29 is 14.3 Å². The predicted molar refractivity (Wildman–Crippen MR) is 99.0 cm³/mol. The molecule has 3 N–H and O–H groups in total. The number of ether oxygens (including phenoxy) is 1. The van der Waals surface area contributed by atoms with Crippen LogP contribution in [0.4, 0.5) is 5.69 Å². The van der Waals surface area contributed by atoms with Gasteiger partial charge < -0.3 is 15.4 Å². The maximum atomic E-state index is 12.3. The number of hydrogen-bond donors (Lipinski definition) is 3. The van der Waals surface area contributed by atoms with Crippen LogP contribution in [0.1, 0.15) is 42.9 Å². The molecular formula is C17H21BrN4O3. The van der Waals surface area contributed by atoms with Gasteiger partial charge in [0.2, 0.25) is 0 Å². The molecule has 0 spiro atoms. The summed E-state index contributed by atoms with van der Waals surface area (Å²) in [6, 6.07) is 6.78. The molecule has 0 unspecified atom stereocenters. The highest BCUT2D eigenvalue weighted by atomic mass is 79.9. The average Bonchev–Trinajstić information content (AvgIpc) is 2.96. The second-order valence-corrected chi connectivity index (χ2v) is 6.47. The molecule has 0 aliphatic rings. The molecule has 2 aromatic rings. The Morgan fingerprint density at radius 2 is 1.96 bits per heavy atom. The summed E-state index contributed by atoms with van der Waals surface area (Å²) < 4.78 is 6.03. The number of aromatic nitrogens is 2. The molecule has 1 aromatic carbocycles. The summed E-state index contributed by atoms with van der Waals surface area (Å²) >= 11 is 3.41. The van der Waals surface area contributed by atoms with Gasteiger partial charge in [-0.25, -0.2) is 0 Å². The quantitative estimate of drug-likeness (QED) is 0.655. The summed E-state index contributed by atoms with van der Waals surface area (Å²) in [5.41, 5.74) is 1.79. The van der Waals surface area contributed by atoms with Crippen molar-refractivity contribution in [1.82, 2.24) is 15.5 Å². The van der Waals surface area contributed by atoms with Crippen molar-refractivity contribution in [3.63, 3.8) is 0 Å². The van der Waals surface area contributed by atoms with E-state index < -0.39 is 0 Å². The monoisotopic (exact) mass is 408 g/mol. The van der Waals surface area contributed by atoms with Crippen LogP contribution in [0.15, 0.2) is 28.7 Å². The average molecular weight is 409 g/mol. The van der Waals surface area contributed by atoms with E-state index in [9.17, 15) is 9.59 Å². The van der Waals surface area contributed by atoms with Gasteiger partial charge in [-0.2, -0.15) is 5.10 Å². The number of likely N-dealkylation sites (N-methyl/N-ethyl adjacent to an activating group) is 1. The molecule has 1 heterocycles. The predicted octanol–water partition coefficient (Wildman–Crippen LogP) is 3.06. The van der Waals surface area contributed by atoms with Crippen molar-refractivity contribution >= 4 is 33.4 Å². The van der Waals surface area contributed by atoms with E-state index >= 15 is 0 Å². The number of benzene rings is 1. The number of carbonyl (C=O) groups excluding carboxylic acids is 2. The van der Waals surface area contributed by atoms with Gasteiger partial charge in [-0.1, -0.05) is 13.8 Å². The lowest BCUT2D eigenvalue weighted by Gasteiger charge is -2.08. The molecule has 0 bridgehead atoms. The van der Waals surface area contributed by atoms with Crippen molar-refractivity contribution in [2.75, 3.05) is 18.5 Å². The summed E-state index contributed by atoms with van der Waals surface area (Å²) in [7, 11) is 0. The Morgan fingerprint density at radius 3 is 2.52 bits per heavy atom. The van der Waals surface area contributed by atoms with Crippen LogP contribution in [0.2, 0.25) is 0 Å². The van der Waals surface area contributed by atoms with Crippen LogP contribution < -0.4 is 15.4 Å². The minimum atomic E-state index is -0.314. The first-order valence-electron chi connectivity index (χ1n) is 7.97. The highest BCUT2D eigenvalue weighted by molar-refractivity contribution is 9.10. The van der Waals surface area contributed by atoms with E-state index in [-0.39, 0.29) is 24.3 Å². The number of aromatic amines is 1. The zero-order valence-corrected chi connectivity index (χ0v) is 15.9. The summed E-state index contributed by atoms with van der Waals surface area (Å²) in [4.78, 5) is 23.7. The van der Waals surface area contributed by atoms with Crippen molar-refractivity contribution in [2.24, 2.45) is 0 Å². The number of carbonyl (C=O) groups is 2. The Morgan fingerprint density at radius 1 is 1.28 bits per heavy atom. The smallest absolute Gasteiger partial charge is 0.277 e. The van der Waals surface area contributed by atoms with E-state index in [2.05, 4.69) is 36.8 Å². The Bertz CT molecular complexity index is 741. The fraction of sp³-hybridized carbons (Fsp3) is 0.353. The first-order chi connectivity index (χ1) is 11.9. The van der Waals surface area contributed by atoms with E-state index in [0.717, 1.165) is 5.69 Å². The number of H-pyrrole nitrogens is 1. The zero-order valence-electron chi connectivity index (χ0n) is 14.4. The van der Waals surface area contributed by atoms with Crippen LogP contribution in [0.25, 0.3) is 0 Å². The highest BCUT2D eigenvalue weighted by Gasteiger charge is 2.19. The van der Waals surface area contributed by atoms with Crippen molar-refractivity contribution in [3.8, 4) is 5.75 Å². The van der Waals surface area contributed by atoms with Gasteiger partial charge in [0.15, 0.2) is 12.3 Å². The number of rotatable bonds is 7. The fourth-order valence-corrected chi connectivity index (χ4v) is 2.91. The molecule has 0 radical (unpaired) electrons. The van der Waals surface area contributed by atoms with Crippen LogP contribution in [0.5, 0.6) is 5.75 Å². The summed E-state index contributed by atoms with van der Waals surface area (Å²) in [5, 5.41) is 12.4. The topological polar surface area (TPSA) is 96.1 Å². The van der Waals surface area contributed by atoms with E-state index in [1.807, 2.05) is 20.8 Å². The lowest BCUT2D eigenvalue weighted by molar-refractivity contribution is -0.122. The second-order valence-electron chi connectivity index (χ2n) is 5.68. The van der Waals surface area contributed by atoms with Gasteiger partial charge >= 0.3 is 0 Å². The van der Waals surface area contributed by atoms with Gasteiger partial charge in [0.05, 0.1) is 10.2 Å². The molecular weight excluding hydrogens is 388 g/mol. The Kier molecular flexibility index (Phi) is 6.58. The van der Waals surface area contributed by atoms with Crippen LogP contribution in [0.3, 0.4) is 0 Å². The second kappa shape index (κ2) is 8.66. The van der Waals surface area contributed by atoms with Gasteiger partial charge in [-0.05, 0) is 53.0 Å². The third-order valence-electron chi connectivity index (χ3n) is 3.38. The Labute approximate surface area is 154 Å². The lowest BCUT2D eigenvalue weighted by atomic mass is 10.1. The third kappa shape index (κ3) is 5.06. The molecule has 2 amide bonds. The number of hydrogen-bond acceptors (Lipinski definition) is 4. The third-order valence-corrected chi connectivity index (χ3v) is 4.18. The molecule has 0 saturated carbocycles. The van der Waals surface area contributed by atoms with Crippen LogP contribution >= 0.6 is 15.9 Å². The SMILES string of the molecule is CCNC(=O)COc1ccc(NC(=O)c2n[nH]c(C(C)C)c2Br)cc1. The molecule has 0 atom stereocenters. The highest BCUT2D eigenvalue weighted by Crippen LogP contribution is 2.26. The van der Waals surface area contributed by atoms with Gasteiger partial charge in [0.1, 0.15) is 5.75 Å². The van der Waals surface area contributed by atoms with Gasteiger partial charge in [0.25, 0.3) is 11.8 Å². The van der Waals surface area contributed by atoms with Crippen LogP contribution in [-0.2, 0) is 4.79 Å². The molecule has 8 heteroatoms. The van der Waals surface area contributed by atoms with Crippen molar-refractivity contribution in [1.29, 1.82) is 0 Å². The molecule has 134 valence electrons. The summed E-state index contributed by atoms with van der Waals surface area (Å²) in [6.07, 6.45) is 0. The summed E-state index contributed by atoms with van der Waals surface area (Å²) in [6.45, 7) is 6.39. The standard InChI is InChI=1S/C17H21BrN4O3/c1-4-19-13(23)9-25-12-7-5-11(6-8-12)20-17(24)16-14(18)15(10(2)3)21-22-16/h5-8,10H,4,9H2,1-3H3,(H,19,23)(H,20,24)(H,21,22). The van der Waals surface area contributed by atoms with Crippen molar-refractivity contribution in [3.05, 3.63) is 40.1 Å². The van der Waals surface area contributed by atoms with Gasteiger partial charge in [0, 0.05) is 12.2 Å². The molecule has 0 aliphatic carbocycles. The minimum Gasteiger partial charge on any atom is -0.484 e. The maximum Gasteiger partial charge on any atom is 0.277 e. The van der Waals surface area contributed by atoms with E-state index in [0.29, 0.717) is 28.1 Å². The van der Waals surface area contributed by atoms with Crippen LogP contribution in [-0.4, -0.2) is 35.2 Å². The minimum absolute atomic E-state index is 0.0439. The molecule has 25 heavy (non-hydrogen) atoms. The van der Waals surface area contributed by atoms with Crippen molar-refractivity contribution in [2.45, 2.75) is 26.7 Å². The van der Waals surface area contributed by atoms with Gasteiger partial charge in [-0.3, -0.25) is 14.7 Å². The first-order valence-corrected chi connectivity index (χ1v) is 8.76. The largest absolute Gasteiger partial charge is 0.484 e. The number of nitrogens with zero attached hydrogens (tertiary/aromatic N) is 1. The fourth-order valence-electron chi connectivity index (χ4n) is 2.10. The number of halogens is 1. The molecule has 1 aromatic heterocycles.